The molecule has 10 heteroatoms. The predicted octanol–water partition coefficient (Wildman–Crippen LogP) is 9.08. The molecule has 0 bridgehead atoms. The molecule has 0 radical (unpaired) electrons. The maximum absolute atomic E-state index is 17.0. The summed E-state index contributed by atoms with van der Waals surface area (Å²) in [4.78, 5) is 43.3. The number of Topliss-reactive ketones (excluding diaryl/α,β-unsaturated/α-hetero) is 1. The first-order chi connectivity index (χ1) is 27.6. The fraction of sp³-hybridized carbons (Fsp3) is 0.298. The van der Waals surface area contributed by atoms with Gasteiger partial charge in [-0.25, -0.2) is 0 Å². The average molecular weight is 801 g/mol. The number of likely N-dealkylation sites (tertiary alicyclic amines) is 1. The van der Waals surface area contributed by atoms with Gasteiger partial charge in [-0.2, -0.15) is 0 Å². The molecular weight excluding hydrogens is 757 g/mol. The molecule has 6 unspecified atom stereocenters. The number of anilines is 1. The minimum absolute atomic E-state index is 0.128. The molecule has 0 aromatic heterocycles. The predicted molar refractivity (Wildman–Crippen MR) is 223 cm³/mol. The van der Waals surface area contributed by atoms with Gasteiger partial charge in [0.1, 0.15) is 22.7 Å². The van der Waals surface area contributed by atoms with E-state index in [-0.39, 0.29) is 17.6 Å². The largest absolute Gasteiger partial charge is 0.497 e. The van der Waals surface area contributed by atoms with Gasteiger partial charge in [-0.15, -0.1) is 0 Å². The van der Waals surface area contributed by atoms with Crippen LogP contribution in [-0.2, 0) is 26.4 Å². The highest BCUT2D eigenvalue weighted by molar-refractivity contribution is 6.41. The summed E-state index contributed by atoms with van der Waals surface area (Å²) in [5.41, 5.74) is 1.17. The van der Waals surface area contributed by atoms with E-state index < -0.39 is 28.4 Å². The SMILES string of the molecule is COc1ccc(C2C(c3c(Cl)cccc3Cl)=NOC23CC(Cc2ccccc2)CC2(C3=O)C(c3ccc(OC)cc3)CN(C)C23C(=O)N(C)c2ccccc23)cc1. The molecule has 3 heterocycles. The Balaban J connectivity index is 1.35. The molecule has 1 aliphatic carbocycles. The molecule has 3 aliphatic heterocycles. The molecule has 4 aliphatic rings. The quantitative estimate of drug-likeness (QED) is 0.164. The smallest absolute Gasteiger partial charge is 0.253 e. The third-order valence-corrected chi connectivity index (χ3v) is 13.8. The molecule has 57 heavy (non-hydrogen) atoms. The van der Waals surface area contributed by atoms with E-state index in [4.69, 9.17) is 42.7 Å². The number of fused-ring (bicyclic) bond motifs is 3. The van der Waals surface area contributed by atoms with E-state index in [9.17, 15) is 0 Å². The van der Waals surface area contributed by atoms with Crippen molar-refractivity contribution in [3.05, 3.63) is 159 Å². The van der Waals surface area contributed by atoms with Crippen molar-refractivity contribution in [2.75, 3.05) is 39.8 Å². The van der Waals surface area contributed by atoms with Gasteiger partial charge in [-0.3, -0.25) is 14.5 Å². The van der Waals surface area contributed by atoms with Crippen LogP contribution in [0.4, 0.5) is 5.69 Å². The lowest BCUT2D eigenvalue weighted by Crippen LogP contribution is -2.68. The van der Waals surface area contributed by atoms with Crippen molar-refractivity contribution in [2.24, 2.45) is 16.5 Å². The van der Waals surface area contributed by atoms with Gasteiger partial charge in [0.25, 0.3) is 5.91 Å². The van der Waals surface area contributed by atoms with E-state index in [0.29, 0.717) is 58.6 Å². The lowest BCUT2D eigenvalue weighted by molar-refractivity contribution is -0.177. The van der Waals surface area contributed by atoms with Gasteiger partial charge in [-0.1, -0.05) is 107 Å². The molecule has 1 amide bonds. The topological polar surface area (TPSA) is 80.7 Å². The second kappa shape index (κ2) is 14.0. The van der Waals surface area contributed by atoms with Crippen LogP contribution >= 0.6 is 23.2 Å². The second-order valence-electron chi connectivity index (χ2n) is 15.8. The van der Waals surface area contributed by atoms with Gasteiger partial charge in [0, 0.05) is 42.7 Å². The Morgan fingerprint density at radius 1 is 0.754 bits per heavy atom. The molecule has 9 rings (SSSR count). The number of hydrogen-bond donors (Lipinski definition) is 0. The van der Waals surface area contributed by atoms with Crippen molar-refractivity contribution in [3.8, 4) is 11.5 Å². The zero-order chi connectivity index (χ0) is 39.7. The summed E-state index contributed by atoms with van der Waals surface area (Å²) in [5.74, 6) is -0.220. The van der Waals surface area contributed by atoms with Gasteiger partial charge >= 0.3 is 0 Å². The summed E-state index contributed by atoms with van der Waals surface area (Å²) < 4.78 is 11.2. The number of carbonyl (C=O) groups excluding carboxylic acids is 2. The highest BCUT2D eigenvalue weighted by Gasteiger charge is 2.80. The molecule has 0 N–H and O–H groups in total. The summed E-state index contributed by atoms with van der Waals surface area (Å²) in [6.07, 6.45) is 1.42. The molecule has 2 fully saturated rings. The Morgan fingerprint density at radius 2 is 1.37 bits per heavy atom. The summed E-state index contributed by atoms with van der Waals surface area (Å²) in [7, 11) is 7.06. The molecule has 1 saturated carbocycles. The number of nitrogens with zero attached hydrogens (tertiary/aromatic N) is 3. The van der Waals surface area contributed by atoms with Gasteiger partial charge in [0.05, 0.1) is 35.6 Å². The van der Waals surface area contributed by atoms with Crippen molar-refractivity contribution < 1.29 is 23.9 Å². The summed E-state index contributed by atoms with van der Waals surface area (Å²) >= 11 is 13.9. The van der Waals surface area contributed by atoms with Crippen molar-refractivity contribution in [2.45, 2.75) is 42.2 Å². The molecule has 290 valence electrons. The van der Waals surface area contributed by atoms with Crippen molar-refractivity contribution >= 4 is 46.3 Å². The van der Waals surface area contributed by atoms with E-state index >= 15 is 9.59 Å². The molecule has 5 aromatic rings. The highest BCUT2D eigenvalue weighted by Crippen LogP contribution is 2.70. The number of benzene rings is 5. The Bertz CT molecular complexity index is 2390. The lowest BCUT2D eigenvalue weighted by atomic mass is 9.47. The summed E-state index contributed by atoms with van der Waals surface area (Å²) in [6, 6.07) is 39.2. The van der Waals surface area contributed by atoms with Crippen LogP contribution in [0.5, 0.6) is 11.5 Å². The van der Waals surface area contributed by atoms with Crippen LogP contribution in [0, 0.1) is 11.3 Å². The molecule has 1 saturated heterocycles. The second-order valence-corrected chi connectivity index (χ2v) is 16.6. The third kappa shape index (κ3) is 5.33. The van der Waals surface area contributed by atoms with Crippen LogP contribution in [-0.4, -0.2) is 62.8 Å². The number of methoxy groups -OCH3 is 2. The number of likely N-dealkylation sites (N-methyl/N-ethyl adjacent to an activating group) is 2. The van der Waals surface area contributed by atoms with Crippen LogP contribution in [0.1, 0.15) is 52.5 Å². The fourth-order valence-electron chi connectivity index (χ4n) is 10.9. The van der Waals surface area contributed by atoms with Crippen molar-refractivity contribution in [1.82, 2.24) is 4.90 Å². The molecule has 8 nitrogen and oxygen atoms in total. The van der Waals surface area contributed by atoms with E-state index in [2.05, 4.69) is 17.0 Å². The van der Waals surface area contributed by atoms with Gasteiger partial charge in [0.15, 0.2) is 5.78 Å². The molecule has 5 aromatic carbocycles. The Morgan fingerprint density at radius 3 is 2.02 bits per heavy atom. The van der Waals surface area contributed by atoms with Crippen LogP contribution in [0.25, 0.3) is 0 Å². The van der Waals surface area contributed by atoms with Crippen molar-refractivity contribution in [3.63, 3.8) is 0 Å². The van der Waals surface area contributed by atoms with E-state index in [0.717, 1.165) is 27.9 Å². The summed E-state index contributed by atoms with van der Waals surface area (Å²) in [5, 5.41) is 5.65. The Kier molecular flexibility index (Phi) is 9.22. The zero-order valence-corrected chi connectivity index (χ0v) is 33.8. The lowest BCUT2D eigenvalue weighted by Gasteiger charge is -2.55. The minimum atomic E-state index is -1.57. The fourth-order valence-corrected chi connectivity index (χ4v) is 11.5. The third-order valence-electron chi connectivity index (χ3n) is 13.1. The maximum atomic E-state index is 17.0. The number of halogens is 2. The number of amides is 1. The zero-order valence-electron chi connectivity index (χ0n) is 32.2. The minimum Gasteiger partial charge on any atom is -0.497 e. The molecular formula is C47H43Cl2N3O5. The Labute approximate surface area is 342 Å². The van der Waals surface area contributed by atoms with Gasteiger partial charge in [-0.05, 0) is 85.0 Å². The standard InChI is InChI=1S/C47H43Cl2N3O5/c1-51-28-36(31-17-21-33(55-3)22-18-31)45(47(51)35-13-8-9-16-39(35)52(2)44(47)54)26-30(25-29-11-6-5-7-12-29)27-46(43(45)53)41(32-19-23-34(56-4)24-20-32)42(50-57-46)40-37(48)14-10-15-38(40)49/h5-24,30,36,41H,25-28H2,1-4H3. The molecule has 6 atom stereocenters. The number of rotatable bonds is 7. The van der Waals surface area contributed by atoms with E-state index in [1.807, 2.05) is 105 Å². The van der Waals surface area contributed by atoms with E-state index in [1.54, 1.807) is 37.3 Å². The van der Waals surface area contributed by atoms with Crippen molar-refractivity contribution in [1.29, 1.82) is 0 Å². The first-order valence-electron chi connectivity index (χ1n) is 19.3. The first-order valence-corrected chi connectivity index (χ1v) is 20.0. The van der Waals surface area contributed by atoms with Crippen LogP contribution in [0.15, 0.2) is 126 Å². The monoisotopic (exact) mass is 799 g/mol. The normalized spacial score (nSPS) is 27.9. The number of hydrogen-bond acceptors (Lipinski definition) is 7. The highest BCUT2D eigenvalue weighted by atomic mass is 35.5. The van der Waals surface area contributed by atoms with Gasteiger partial charge in [0.2, 0.25) is 5.60 Å². The van der Waals surface area contributed by atoms with Crippen LogP contribution in [0.3, 0.4) is 0 Å². The van der Waals surface area contributed by atoms with Gasteiger partial charge < -0.3 is 19.2 Å². The number of ketones is 1. The first kappa shape index (κ1) is 37.4. The average Bonchev–Trinajstić information content (AvgIpc) is 3.80. The number of carbonyl (C=O) groups is 2. The maximum Gasteiger partial charge on any atom is 0.253 e. The Hall–Kier alpha value is -5.15. The number of ether oxygens (including phenoxy) is 2. The number of para-hydroxylation sites is 1. The summed E-state index contributed by atoms with van der Waals surface area (Å²) in [6.45, 7) is 0.442. The van der Waals surface area contributed by atoms with Crippen LogP contribution < -0.4 is 14.4 Å². The molecule has 3 spiro atoms. The van der Waals surface area contributed by atoms with E-state index in [1.165, 1.54) is 0 Å². The van der Waals surface area contributed by atoms with Crippen LogP contribution in [0.2, 0.25) is 10.0 Å². The number of oxime groups is 1.